The van der Waals surface area contributed by atoms with Crippen LogP contribution in [0.5, 0.6) is 0 Å². The van der Waals surface area contributed by atoms with Gasteiger partial charge in [0.2, 0.25) is 0 Å². The van der Waals surface area contributed by atoms with E-state index >= 15 is 0 Å². The molecular weight excluding hydrogens is 255 g/mol. The molecule has 0 saturated heterocycles. The molecule has 2 aromatic carbocycles. The third kappa shape index (κ3) is 3.29. The van der Waals surface area contributed by atoms with Gasteiger partial charge in [0.1, 0.15) is 5.82 Å². The first-order valence-electron chi connectivity index (χ1n) is 6.39. The lowest BCUT2D eigenvalue weighted by Crippen LogP contribution is -2.21. The average molecular weight is 270 g/mol. The highest BCUT2D eigenvalue weighted by Crippen LogP contribution is 2.07. The quantitative estimate of drug-likeness (QED) is 0.671. The fourth-order valence-corrected chi connectivity index (χ4v) is 1.80. The summed E-state index contributed by atoms with van der Waals surface area (Å²) in [6, 6.07) is 15.4. The van der Waals surface area contributed by atoms with Crippen molar-refractivity contribution in [3.63, 3.8) is 0 Å². The van der Waals surface area contributed by atoms with E-state index in [1.54, 1.807) is 6.07 Å². The zero-order valence-corrected chi connectivity index (χ0v) is 11.1. The van der Waals surface area contributed by atoms with Gasteiger partial charge >= 0.3 is 0 Å². The van der Waals surface area contributed by atoms with Crippen molar-refractivity contribution in [1.82, 2.24) is 5.43 Å². The van der Waals surface area contributed by atoms with Crippen LogP contribution in [0.25, 0.3) is 0 Å². The predicted molar refractivity (Wildman–Crippen MR) is 77.1 cm³/mol. The van der Waals surface area contributed by atoms with Gasteiger partial charge in [0.15, 0.2) is 0 Å². The number of carbonyl (C=O) groups is 1. The highest BCUT2D eigenvalue weighted by atomic mass is 19.1. The molecule has 20 heavy (non-hydrogen) atoms. The van der Waals surface area contributed by atoms with E-state index in [-0.39, 0.29) is 5.56 Å². The van der Waals surface area contributed by atoms with Crippen LogP contribution >= 0.6 is 0 Å². The van der Waals surface area contributed by atoms with Gasteiger partial charge in [0.25, 0.3) is 5.91 Å². The molecule has 0 atom stereocenters. The van der Waals surface area contributed by atoms with Crippen LogP contribution in [0, 0.1) is 5.82 Å². The van der Waals surface area contributed by atoms with E-state index in [9.17, 15) is 9.18 Å². The molecule has 4 heteroatoms. The number of hydrogen-bond donors (Lipinski definition) is 1. The SMILES string of the molecule is CC/C(=N\NC(=O)c1ccccc1F)c1ccccc1. The summed E-state index contributed by atoms with van der Waals surface area (Å²) in [7, 11) is 0. The van der Waals surface area contributed by atoms with Crippen molar-refractivity contribution in [3.8, 4) is 0 Å². The molecule has 0 radical (unpaired) electrons. The summed E-state index contributed by atoms with van der Waals surface area (Å²) in [5.74, 6) is -1.11. The zero-order valence-electron chi connectivity index (χ0n) is 11.1. The number of hydrogen-bond acceptors (Lipinski definition) is 2. The lowest BCUT2D eigenvalue weighted by Gasteiger charge is -2.05. The minimum Gasteiger partial charge on any atom is -0.267 e. The summed E-state index contributed by atoms with van der Waals surface area (Å²) < 4.78 is 13.5. The molecule has 102 valence electrons. The predicted octanol–water partition coefficient (Wildman–Crippen LogP) is 3.37. The summed E-state index contributed by atoms with van der Waals surface area (Å²) in [5.41, 5.74) is 4.06. The van der Waals surface area contributed by atoms with Crippen LogP contribution in [0.2, 0.25) is 0 Å². The lowest BCUT2D eigenvalue weighted by atomic mass is 10.1. The van der Waals surface area contributed by atoms with Gasteiger partial charge in [0.05, 0.1) is 11.3 Å². The molecule has 0 aliphatic carbocycles. The first-order valence-corrected chi connectivity index (χ1v) is 6.39. The van der Waals surface area contributed by atoms with Gasteiger partial charge in [-0.15, -0.1) is 0 Å². The van der Waals surface area contributed by atoms with Gasteiger partial charge in [-0.2, -0.15) is 5.10 Å². The Kier molecular flexibility index (Phi) is 4.60. The number of benzene rings is 2. The molecule has 0 bridgehead atoms. The molecule has 0 aromatic heterocycles. The van der Waals surface area contributed by atoms with Crippen molar-refractivity contribution in [2.75, 3.05) is 0 Å². The maximum Gasteiger partial charge on any atom is 0.274 e. The van der Waals surface area contributed by atoms with Gasteiger partial charge in [-0.25, -0.2) is 9.82 Å². The standard InChI is InChI=1S/C16H15FN2O/c1-2-15(12-8-4-3-5-9-12)18-19-16(20)13-10-6-7-11-14(13)17/h3-11H,2H2,1H3,(H,19,20)/b18-15+. The highest BCUT2D eigenvalue weighted by Gasteiger charge is 2.10. The number of nitrogens with one attached hydrogen (secondary N) is 1. The molecule has 0 aliphatic rings. The van der Waals surface area contributed by atoms with Crippen molar-refractivity contribution in [3.05, 3.63) is 71.5 Å². The Morgan fingerprint density at radius 2 is 1.75 bits per heavy atom. The minimum absolute atomic E-state index is 0.0141. The number of rotatable bonds is 4. The second kappa shape index (κ2) is 6.61. The monoisotopic (exact) mass is 270 g/mol. The number of halogens is 1. The van der Waals surface area contributed by atoms with Crippen LogP contribution in [-0.4, -0.2) is 11.6 Å². The van der Waals surface area contributed by atoms with Crippen molar-refractivity contribution in [1.29, 1.82) is 0 Å². The van der Waals surface area contributed by atoms with Crippen LogP contribution in [-0.2, 0) is 0 Å². The first kappa shape index (κ1) is 13.9. The van der Waals surface area contributed by atoms with E-state index < -0.39 is 11.7 Å². The van der Waals surface area contributed by atoms with Crippen molar-refractivity contribution in [2.45, 2.75) is 13.3 Å². The number of amides is 1. The largest absolute Gasteiger partial charge is 0.274 e. The van der Waals surface area contributed by atoms with E-state index in [1.165, 1.54) is 18.2 Å². The Balaban J connectivity index is 2.16. The molecule has 1 N–H and O–H groups in total. The summed E-state index contributed by atoms with van der Waals surface area (Å²) >= 11 is 0. The lowest BCUT2D eigenvalue weighted by molar-refractivity contribution is 0.0951. The third-order valence-corrected chi connectivity index (χ3v) is 2.85. The Hall–Kier alpha value is -2.49. The van der Waals surface area contributed by atoms with E-state index in [0.717, 1.165) is 11.3 Å². The number of nitrogens with zero attached hydrogens (tertiary/aromatic N) is 1. The summed E-state index contributed by atoms with van der Waals surface area (Å²) in [6.45, 7) is 1.95. The summed E-state index contributed by atoms with van der Waals surface area (Å²) in [4.78, 5) is 11.9. The maximum atomic E-state index is 13.5. The van der Waals surface area contributed by atoms with E-state index in [0.29, 0.717) is 6.42 Å². The Morgan fingerprint density at radius 1 is 1.10 bits per heavy atom. The average Bonchev–Trinajstić information content (AvgIpc) is 2.49. The smallest absolute Gasteiger partial charge is 0.267 e. The van der Waals surface area contributed by atoms with E-state index in [1.807, 2.05) is 37.3 Å². The van der Waals surface area contributed by atoms with Crippen LogP contribution in [0.3, 0.4) is 0 Å². The normalized spacial score (nSPS) is 11.2. The summed E-state index contributed by atoms with van der Waals surface area (Å²) in [6.07, 6.45) is 0.668. The van der Waals surface area contributed by atoms with Crippen LogP contribution in [0.15, 0.2) is 59.7 Å². The van der Waals surface area contributed by atoms with E-state index in [2.05, 4.69) is 10.5 Å². The molecular formula is C16H15FN2O. The van der Waals surface area contributed by atoms with Gasteiger partial charge in [-0.1, -0.05) is 49.4 Å². The van der Waals surface area contributed by atoms with Crippen LogP contribution < -0.4 is 5.43 Å². The first-order chi connectivity index (χ1) is 9.72. The second-order valence-corrected chi connectivity index (χ2v) is 4.20. The second-order valence-electron chi connectivity index (χ2n) is 4.20. The van der Waals surface area contributed by atoms with Gasteiger partial charge < -0.3 is 0 Å². The summed E-state index contributed by atoms with van der Waals surface area (Å²) in [5, 5.41) is 4.08. The minimum atomic E-state index is -0.557. The zero-order chi connectivity index (χ0) is 14.4. The van der Waals surface area contributed by atoms with Crippen molar-refractivity contribution >= 4 is 11.6 Å². The Labute approximate surface area is 117 Å². The van der Waals surface area contributed by atoms with Gasteiger partial charge in [0, 0.05) is 0 Å². The molecule has 0 fully saturated rings. The number of carbonyl (C=O) groups excluding carboxylic acids is 1. The van der Waals surface area contributed by atoms with Crippen LogP contribution in [0.1, 0.15) is 29.3 Å². The Bertz CT molecular complexity index is 623. The fraction of sp³-hybridized carbons (Fsp3) is 0.125. The highest BCUT2D eigenvalue weighted by molar-refractivity contribution is 6.02. The Morgan fingerprint density at radius 3 is 2.40 bits per heavy atom. The van der Waals surface area contributed by atoms with Gasteiger partial charge in [-0.3, -0.25) is 4.79 Å². The van der Waals surface area contributed by atoms with Crippen LogP contribution in [0.4, 0.5) is 4.39 Å². The fourth-order valence-electron chi connectivity index (χ4n) is 1.80. The van der Waals surface area contributed by atoms with Gasteiger partial charge in [-0.05, 0) is 24.1 Å². The molecule has 2 aromatic rings. The number of hydrazone groups is 1. The molecule has 2 rings (SSSR count). The molecule has 0 saturated carbocycles. The van der Waals surface area contributed by atoms with E-state index in [4.69, 9.17) is 0 Å². The third-order valence-electron chi connectivity index (χ3n) is 2.85. The molecule has 0 heterocycles. The van der Waals surface area contributed by atoms with Crippen molar-refractivity contribution in [2.24, 2.45) is 5.10 Å². The van der Waals surface area contributed by atoms with Crippen molar-refractivity contribution < 1.29 is 9.18 Å². The molecule has 3 nitrogen and oxygen atoms in total. The topological polar surface area (TPSA) is 41.5 Å². The molecule has 1 amide bonds. The molecule has 0 aliphatic heterocycles. The maximum absolute atomic E-state index is 13.5. The molecule has 0 unspecified atom stereocenters. The molecule has 0 spiro atoms.